The molecule has 1 atom stereocenters. The monoisotopic (exact) mass is 416 g/mol. The Morgan fingerprint density at radius 1 is 1.07 bits per heavy atom. The van der Waals surface area contributed by atoms with Crippen LogP contribution in [0.15, 0.2) is 48.5 Å². The summed E-state index contributed by atoms with van der Waals surface area (Å²) in [6.45, 7) is 4.30. The topological polar surface area (TPSA) is 67.9 Å². The van der Waals surface area contributed by atoms with Crippen LogP contribution in [0.4, 0.5) is 4.39 Å². The van der Waals surface area contributed by atoms with E-state index in [1.807, 2.05) is 19.1 Å². The Kier molecular flexibility index (Phi) is 9.12. The fourth-order valence-corrected chi connectivity index (χ4v) is 2.81. The Bertz CT molecular complexity index is 809. The first-order valence-electron chi connectivity index (χ1n) is 10.0. The van der Waals surface area contributed by atoms with Crippen LogP contribution in [-0.4, -0.2) is 43.0 Å². The molecule has 0 radical (unpaired) electrons. The quantitative estimate of drug-likeness (QED) is 0.569. The fraction of sp³-hybridized carbons (Fsp3) is 0.391. The minimum absolute atomic E-state index is 0.216. The van der Waals surface area contributed by atoms with Gasteiger partial charge >= 0.3 is 0 Å². The molecule has 7 heteroatoms. The first kappa shape index (κ1) is 23.2. The van der Waals surface area contributed by atoms with Crippen molar-refractivity contribution in [3.8, 4) is 11.5 Å². The molecule has 0 saturated carbocycles. The van der Waals surface area contributed by atoms with Crippen LogP contribution in [0.25, 0.3) is 0 Å². The van der Waals surface area contributed by atoms with Crippen LogP contribution in [0.1, 0.15) is 32.3 Å². The van der Waals surface area contributed by atoms with Crippen molar-refractivity contribution in [3.05, 3.63) is 59.9 Å². The first-order valence-corrected chi connectivity index (χ1v) is 10.0. The molecule has 2 amide bonds. The van der Waals surface area contributed by atoms with E-state index in [9.17, 15) is 14.0 Å². The van der Waals surface area contributed by atoms with Crippen LogP contribution in [0.3, 0.4) is 0 Å². The molecule has 0 spiro atoms. The molecule has 0 bridgehead atoms. The van der Waals surface area contributed by atoms with Gasteiger partial charge < -0.3 is 19.7 Å². The lowest BCUT2D eigenvalue weighted by Crippen LogP contribution is -2.49. The van der Waals surface area contributed by atoms with Crippen molar-refractivity contribution in [3.63, 3.8) is 0 Å². The second kappa shape index (κ2) is 11.8. The number of carbonyl (C=O) groups is 2. The average Bonchev–Trinajstić information content (AvgIpc) is 2.77. The van der Waals surface area contributed by atoms with Crippen molar-refractivity contribution in [2.75, 3.05) is 20.3 Å². The fourth-order valence-electron chi connectivity index (χ4n) is 2.81. The Morgan fingerprint density at radius 2 is 1.70 bits per heavy atom. The summed E-state index contributed by atoms with van der Waals surface area (Å²) in [5, 5.41) is 2.87. The molecule has 0 aliphatic rings. The van der Waals surface area contributed by atoms with Gasteiger partial charge in [-0.3, -0.25) is 9.59 Å². The van der Waals surface area contributed by atoms with Crippen molar-refractivity contribution >= 4 is 11.8 Å². The van der Waals surface area contributed by atoms with E-state index in [-0.39, 0.29) is 30.8 Å². The standard InChI is InChI=1S/C23H29FN2O4/c1-4-5-14-25-23(28)17(2)26(15-18-6-10-20(29-3)11-7-18)22(27)16-30-21-12-8-19(24)9-13-21/h6-13,17H,4-5,14-16H2,1-3H3,(H,25,28)/t17-/m1/s1. The third-order valence-electron chi connectivity index (χ3n) is 4.68. The molecule has 0 unspecified atom stereocenters. The van der Waals surface area contributed by atoms with E-state index in [2.05, 4.69) is 5.32 Å². The van der Waals surface area contributed by atoms with Crippen LogP contribution in [0.2, 0.25) is 0 Å². The SMILES string of the molecule is CCCCNC(=O)[C@@H](C)N(Cc1ccc(OC)cc1)C(=O)COc1ccc(F)cc1. The summed E-state index contributed by atoms with van der Waals surface area (Å²) in [6.07, 6.45) is 1.84. The minimum Gasteiger partial charge on any atom is -0.497 e. The molecule has 0 fully saturated rings. The van der Waals surface area contributed by atoms with E-state index in [0.717, 1.165) is 18.4 Å². The molecule has 0 aliphatic carbocycles. The van der Waals surface area contributed by atoms with Gasteiger partial charge in [0.2, 0.25) is 5.91 Å². The van der Waals surface area contributed by atoms with E-state index < -0.39 is 6.04 Å². The molecule has 0 aliphatic heterocycles. The van der Waals surface area contributed by atoms with Gasteiger partial charge in [-0.05, 0) is 55.3 Å². The van der Waals surface area contributed by atoms with E-state index in [0.29, 0.717) is 18.0 Å². The Morgan fingerprint density at radius 3 is 2.30 bits per heavy atom. The maximum atomic E-state index is 13.0. The zero-order valence-corrected chi connectivity index (χ0v) is 17.7. The number of hydrogen-bond donors (Lipinski definition) is 1. The zero-order valence-electron chi connectivity index (χ0n) is 17.7. The van der Waals surface area contributed by atoms with Gasteiger partial charge in [0, 0.05) is 13.1 Å². The van der Waals surface area contributed by atoms with E-state index in [1.165, 1.54) is 29.2 Å². The molecule has 0 saturated heterocycles. The smallest absolute Gasteiger partial charge is 0.261 e. The number of unbranched alkanes of at least 4 members (excludes halogenated alkanes) is 1. The van der Waals surface area contributed by atoms with Gasteiger partial charge in [-0.25, -0.2) is 4.39 Å². The molecule has 0 aromatic heterocycles. The number of ether oxygens (including phenoxy) is 2. The predicted molar refractivity (Wildman–Crippen MR) is 113 cm³/mol. The molecule has 2 rings (SSSR count). The van der Waals surface area contributed by atoms with Crippen LogP contribution >= 0.6 is 0 Å². The van der Waals surface area contributed by atoms with Crippen molar-refractivity contribution < 1.29 is 23.5 Å². The number of benzene rings is 2. The predicted octanol–water partition coefficient (Wildman–Crippen LogP) is 3.55. The summed E-state index contributed by atoms with van der Waals surface area (Å²) in [6, 6.07) is 12.1. The van der Waals surface area contributed by atoms with Crippen molar-refractivity contribution in [1.82, 2.24) is 10.2 Å². The number of methoxy groups -OCH3 is 1. The molecule has 30 heavy (non-hydrogen) atoms. The van der Waals surface area contributed by atoms with Gasteiger partial charge in [-0.2, -0.15) is 0 Å². The second-order valence-electron chi connectivity index (χ2n) is 6.93. The summed E-state index contributed by atoms with van der Waals surface area (Å²) < 4.78 is 23.7. The Hall–Kier alpha value is -3.09. The highest BCUT2D eigenvalue weighted by Crippen LogP contribution is 2.16. The molecular weight excluding hydrogens is 387 g/mol. The van der Waals surface area contributed by atoms with Crippen molar-refractivity contribution in [2.45, 2.75) is 39.3 Å². The number of rotatable bonds is 11. The van der Waals surface area contributed by atoms with Gasteiger partial charge in [0.05, 0.1) is 7.11 Å². The normalized spacial score (nSPS) is 11.5. The van der Waals surface area contributed by atoms with Gasteiger partial charge in [0.25, 0.3) is 5.91 Å². The third-order valence-corrected chi connectivity index (χ3v) is 4.68. The van der Waals surface area contributed by atoms with Crippen molar-refractivity contribution in [1.29, 1.82) is 0 Å². The second-order valence-corrected chi connectivity index (χ2v) is 6.93. The number of nitrogens with one attached hydrogen (secondary N) is 1. The molecular formula is C23H29FN2O4. The average molecular weight is 416 g/mol. The highest BCUT2D eigenvalue weighted by Gasteiger charge is 2.26. The number of halogens is 1. The number of carbonyl (C=O) groups excluding carboxylic acids is 2. The highest BCUT2D eigenvalue weighted by molar-refractivity contribution is 5.87. The van der Waals surface area contributed by atoms with Crippen LogP contribution in [0, 0.1) is 5.82 Å². The molecule has 2 aromatic carbocycles. The maximum Gasteiger partial charge on any atom is 0.261 e. The lowest BCUT2D eigenvalue weighted by Gasteiger charge is -2.28. The molecule has 0 heterocycles. The van der Waals surface area contributed by atoms with E-state index in [4.69, 9.17) is 9.47 Å². The Labute approximate surface area is 177 Å². The third kappa shape index (κ3) is 7.06. The lowest BCUT2D eigenvalue weighted by atomic mass is 10.1. The maximum absolute atomic E-state index is 13.0. The van der Waals surface area contributed by atoms with E-state index >= 15 is 0 Å². The number of amides is 2. The number of hydrogen-bond acceptors (Lipinski definition) is 4. The molecule has 6 nitrogen and oxygen atoms in total. The molecule has 1 N–H and O–H groups in total. The van der Waals surface area contributed by atoms with Gasteiger partial charge in [0.1, 0.15) is 23.4 Å². The highest BCUT2D eigenvalue weighted by atomic mass is 19.1. The summed E-state index contributed by atoms with van der Waals surface area (Å²) in [4.78, 5) is 26.9. The largest absolute Gasteiger partial charge is 0.497 e. The zero-order chi connectivity index (χ0) is 21.9. The van der Waals surface area contributed by atoms with Gasteiger partial charge in [-0.1, -0.05) is 25.5 Å². The van der Waals surface area contributed by atoms with Crippen molar-refractivity contribution in [2.24, 2.45) is 0 Å². The van der Waals surface area contributed by atoms with E-state index in [1.54, 1.807) is 26.2 Å². The Balaban J connectivity index is 2.10. The molecule has 162 valence electrons. The summed E-state index contributed by atoms with van der Waals surface area (Å²) in [5.41, 5.74) is 0.860. The van der Waals surface area contributed by atoms with Crippen LogP contribution in [-0.2, 0) is 16.1 Å². The van der Waals surface area contributed by atoms with Gasteiger partial charge in [0.15, 0.2) is 6.61 Å². The van der Waals surface area contributed by atoms with Crippen LogP contribution < -0.4 is 14.8 Å². The van der Waals surface area contributed by atoms with Crippen LogP contribution in [0.5, 0.6) is 11.5 Å². The van der Waals surface area contributed by atoms with Gasteiger partial charge in [-0.15, -0.1) is 0 Å². The first-order chi connectivity index (χ1) is 14.4. The summed E-state index contributed by atoms with van der Waals surface area (Å²) >= 11 is 0. The lowest BCUT2D eigenvalue weighted by molar-refractivity contribution is -0.142. The minimum atomic E-state index is -0.673. The summed E-state index contributed by atoms with van der Waals surface area (Å²) in [7, 11) is 1.58. The summed E-state index contributed by atoms with van der Waals surface area (Å²) in [5.74, 6) is 0.156. The molecule has 2 aromatic rings. The number of nitrogens with zero attached hydrogens (tertiary/aromatic N) is 1.